The van der Waals surface area contributed by atoms with Crippen LogP contribution in [-0.2, 0) is 4.79 Å². The standard InChI is InChI=1S/C10H9N3O4S2/c1-5-2-3-17-7(5)8(16)11-9-12-13-10(19-9)18-4-6(14)15/h2-3H,4H2,1H3,(H,14,15)(H,11,12,16). The molecule has 0 aliphatic carbocycles. The van der Waals surface area contributed by atoms with Gasteiger partial charge in [-0.3, -0.25) is 14.9 Å². The second-order valence-corrected chi connectivity index (χ2v) is 5.64. The maximum atomic E-state index is 11.8. The maximum Gasteiger partial charge on any atom is 0.313 e. The van der Waals surface area contributed by atoms with E-state index >= 15 is 0 Å². The topological polar surface area (TPSA) is 105 Å². The number of aromatic nitrogens is 2. The monoisotopic (exact) mass is 299 g/mol. The normalized spacial score (nSPS) is 10.4. The summed E-state index contributed by atoms with van der Waals surface area (Å²) in [6.45, 7) is 1.76. The van der Waals surface area contributed by atoms with Crippen LogP contribution in [0.15, 0.2) is 21.1 Å². The Labute approximate surface area is 116 Å². The number of carboxylic acid groups (broad SMARTS) is 1. The molecule has 2 heterocycles. The number of aliphatic carboxylic acids is 1. The van der Waals surface area contributed by atoms with Crippen molar-refractivity contribution in [2.45, 2.75) is 11.3 Å². The van der Waals surface area contributed by atoms with Crippen LogP contribution >= 0.6 is 23.1 Å². The third kappa shape index (κ3) is 3.55. The van der Waals surface area contributed by atoms with Gasteiger partial charge in [0.1, 0.15) is 0 Å². The summed E-state index contributed by atoms with van der Waals surface area (Å²) >= 11 is 2.16. The lowest BCUT2D eigenvalue weighted by Gasteiger charge is -1.97. The average Bonchev–Trinajstić information content (AvgIpc) is 2.95. The molecule has 0 atom stereocenters. The van der Waals surface area contributed by atoms with E-state index in [1.54, 1.807) is 13.0 Å². The first-order chi connectivity index (χ1) is 9.06. The number of amides is 1. The van der Waals surface area contributed by atoms with Gasteiger partial charge in [0.25, 0.3) is 5.91 Å². The summed E-state index contributed by atoms with van der Waals surface area (Å²) in [6.07, 6.45) is 1.43. The Bertz CT molecular complexity index is 607. The van der Waals surface area contributed by atoms with Gasteiger partial charge in [-0.25, -0.2) is 0 Å². The molecule has 2 N–H and O–H groups in total. The quantitative estimate of drug-likeness (QED) is 0.641. The van der Waals surface area contributed by atoms with Crippen LogP contribution in [0.25, 0.3) is 0 Å². The molecule has 0 bridgehead atoms. The molecule has 0 aliphatic rings. The van der Waals surface area contributed by atoms with Gasteiger partial charge < -0.3 is 9.52 Å². The zero-order valence-electron chi connectivity index (χ0n) is 9.74. The Morgan fingerprint density at radius 1 is 1.53 bits per heavy atom. The third-order valence-corrected chi connectivity index (χ3v) is 3.97. The fourth-order valence-corrected chi connectivity index (χ4v) is 2.67. The number of nitrogens with one attached hydrogen (secondary N) is 1. The Balaban J connectivity index is 1.98. The average molecular weight is 299 g/mol. The number of anilines is 1. The molecule has 0 spiro atoms. The van der Waals surface area contributed by atoms with Crippen LogP contribution in [0.5, 0.6) is 0 Å². The summed E-state index contributed by atoms with van der Waals surface area (Å²) in [5.41, 5.74) is 0.725. The van der Waals surface area contributed by atoms with Gasteiger partial charge >= 0.3 is 5.97 Å². The number of hydrogen-bond donors (Lipinski definition) is 2. The molecule has 0 saturated carbocycles. The van der Waals surface area contributed by atoms with Gasteiger partial charge in [0.15, 0.2) is 10.1 Å². The van der Waals surface area contributed by atoms with Gasteiger partial charge in [-0.2, -0.15) is 0 Å². The van der Waals surface area contributed by atoms with Crippen molar-refractivity contribution in [3.8, 4) is 0 Å². The number of thioether (sulfide) groups is 1. The summed E-state index contributed by atoms with van der Waals surface area (Å²) in [5.74, 6) is -1.22. The van der Waals surface area contributed by atoms with Crippen molar-refractivity contribution in [3.63, 3.8) is 0 Å². The molecule has 2 aromatic rings. The molecule has 7 nitrogen and oxygen atoms in total. The van der Waals surface area contributed by atoms with Crippen LogP contribution in [0.2, 0.25) is 0 Å². The SMILES string of the molecule is Cc1ccoc1C(=O)Nc1nnc(SCC(=O)O)s1. The minimum absolute atomic E-state index is 0.0973. The minimum atomic E-state index is -0.933. The number of nitrogens with zero attached hydrogens (tertiary/aromatic N) is 2. The van der Waals surface area contributed by atoms with E-state index in [1.165, 1.54) is 6.26 Å². The van der Waals surface area contributed by atoms with Gasteiger partial charge in [0, 0.05) is 5.56 Å². The van der Waals surface area contributed by atoms with Gasteiger partial charge in [-0.05, 0) is 13.0 Å². The second kappa shape index (κ2) is 5.85. The van der Waals surface area contributed by atoms with Crippen molar-refractivity contribution >= 4 is 40.1 Å². The van der Waals surface area contributed by atoms with Gasteiger partial charge in [-0.15, -0.1) is 10.2 Å². The molecule has 2 rings (SSSR count). The Morgan fingerprint density at radius 3 is 2.95 bits per heavy atom. The number of rotatable bonds is 5. The molecule has 19 heavy (non-hydrogen) atoms. The van der Waals surface area contributed by atoms with E-state index in [0.29, 0.717) is 9.47 Å². The first-order valence-electron chi connectivity index (χ1n) is 5.10. The van der Waals surface area contributed by atoms with Crippen LogP contribution in [0, 0.1) is 6.92 Å². The van der Waals surface area contributed by atoms with Gasteiger partial charge in [-0.1, -0.05) is 23.1 Å². The van der Waals surface area contributed by atoms with Crippen LogP contribution < -0.4 is 5.32 Å². The van der Waals surface area contributed by atoms with Crippen LogP contribution in [0.4, 0.5) is 5.13 Å². The number of carboxylic acids is 1. The maximum absolute atomic E-state index is 11.8. The van der Waals surface area contributed by atoms with E-state index < -0.39 is 11.9 Å². The van der Waals surface area contributed by atoms with E-state index in [0.717, 1.165) is 28.7 Å². The Morgan fingerprint density at radius 2 is 2.32 bits per heavy atom. The Kier molecular flexibility index (Phi) is 4.17. The smallest absolute Gasteiger partial charge is 0.313 e. The number of hydrogen-bond acceptors (Lipinski definition) is 7. The zero-order chi connectivity index (χ0) is 13.8. The highest BCUT2D eigenvalue weighted by Crippen LogP contribution is 2.25. The lowest BCUT2D eigenvalue weighted by Crippen LogP contribution is -2.11. The lowest BCUT2D eigenvalue weighted by atomic mass is 10.3. The molecule has 0 radical (unpaired) electrons. The van der Waals surface area contributed by atoms with E-state index in [1.807, 2.05) is 0 Å². The predicted molar refractivity (Wildman–Crippen MR) is 69.7 cm³/mol. The Hall–Kier alpha value is -1.87. The largest absolute Gasteiger partial charge is 0.481 e. The van der Waals surface area contributed by atoms with E-state index in [2.05, 4.69) is 15.5 Å². The molecule has 0 saturated heterocycles. The molecular weight excluding hydrogens is 290 g/mol. The first kappa shape index (κ1) is 13.6. The molecule has 1 amide bonds. The fraction of sp³-hybridized carbons (Fsp3) is 0.200. The van der Waals surface area contributed by atoms with E-state index in [-0.39, 0.29) is 11.5 Å². The van der Waals surface area contributed by atoms with Gasteiger partial charge in [0.05, 0.1) is 12.0 Å². The van der Waals surface area contributed by atoms with Gasteiger partial charge in [0.2, 0.25) is 5.13 Å². The zero-order valence-corrected chi connectivity index (χ0v) is 11.4. The third-order valence-electron chi connectivity index (χ3n) is 2.01. The number of carbonyl (C=O) groups excluding carboxylic acids is 1. The number of aryl methyl sites for hydroxylation is 1. The summed E-state index contributed by atoms with van der Waals surface area (Å²) in [4.78, 5) is 22.2. The highest BCUT2D eigenvalue weighted by Gasteiger charge is 2.15. The predicted octanol–water partition coefficient (Wildman–Crippen LogP) is 1.87. The van der Waals surface area contributed by atoms with Crippen LogP contribution in [0.1, 0.15) is 16.1 Å². The molecule has 100 valence electrons. The van der Waals surface area contributed by atoms with Crippen LogP contribution in [-0.4, -0.2) is 32.9 Å². The lowest BCUT2D eigenvalue weighted by molar-refractivity contribution is -0.133. The van der Waals surface area contributed by atoms with Crippen molar-refractivity contribution < 1.29 is 19.1 Å². The molecule has 0 unspecified atom stereocenters. The molecule has 0 aliphatic heterocycles. The minimum Gasteiger partial charge on any atom is -0.481 e. The molecule has 2 aromatic heterocycles. The second-order valence-electron chi connectivity index (χ2n) is 3.44. The molecule has 9 heteroatoms. The summed E-state index contributed by atoms with van der Waals surface area (Å²) in [7, 11) is 0. The van der Waals surface area contributed by atoms with Crippen molar-refractivity contribution in [1.82, 2.24) is 10.2 Å². The first-order valence-corrected chi connectivity index (χ1v) is 6.90. The van der Waals surface area contributed by atoms with Crippen molar-refractivity contribution in [3.05, 3.63) is 23.7 Å². The van der Waals surface area contributed by atoms with Crippen molar-refractivity contribution in [2.75, 3.05) is 11.1 Å². The van der Waals surface area contributed by atoms with Crippen molar-refractivity contribution in [1.29, 1.82) is 0 Å². The summed E-state index contributed by atoms with van der Waals surface area (Å²) < 4.78 is 5.53. The number of carbonyl (C=O) groups is 2. The summed E-state index contributed by atoms with van der Waals surface area (Å²) in [5, 5.41) is 18.9. The van der Waals surface area contributed by atoms with Crippen LogP contribution in [0.3, 0.4) is 0 Å². The highest BCUT2D eigenvalue weighted by molar-refractivity contribution is 8.01. The molecule has 0 fully saturated rings. The van der Waals surface area contributed by atoms with E-state index in [4.69, 9.17) is 9.52 Å². The van der Waals surface area contributed by atoms with E-state index in [9.17, 15) is 9.59 Å². The molecule has 0 aromatic carbocycles. The van der Waals surface area contributed by atoms with Crippen molar-refractivity contribution in [2.24, 2.45) is 0 Å². The number of furan rings is 1. The fourth-order valence-electron chi connectivity index (χ4n) is 1.20. The highest BCUT2D eigenvalue weighted by atomic mass is 32.2. The summed E-state index contributed by atoms with van der Waals surface area (Å²) in [6, 6.07) is 1.68. The molecular formula is C10H9N3O4S2.